The quantitative estimate of drug-likeness (QED) is 0.844. The minimum Gasteiger partial charge on any atom is -0.478 e. The maximum atomic E-state index is 13.7. The number of carboxylic acid groups (broad SMARTS) is 1. The van der Waals surface area contributed by atoms with Crippen LogP contribution >= 0.6 is 0 Å². The molecule has 0 aliphatic carbocycles. The van der Waals surface area contributed by atoms with E-state index < -0.39 is 50.1 Å². The maximum Gasteiger partial charge on any atom is 0.458 e. The third-order valence-corrected chi connectivity index (χ3v) is 4.74. The van der Waals surface area contributed by atoms with Crippen molar-refractivity contribution in [1.82, 2.24) is 0 Å². The van der Waals surface area contributed by atoms with Gasteiger partial charge >= 0.3 is 18.1 Å². The molecule has 0 aliphatic rings. The van der Waals surface area contributed by atoms with E-state index in [1.165, 1.54) is 13.8 Å². The van der Waals surface area contributed by atoms with Crippen LogP contribution in [0.2, 0.25) is 0 Å². The molecule has 0 spiro atoms. The van der Waals surface area contributed by atoms with Crippen LogP contribution in [0.1, 0.15) is 35.3 Å². The number of aromatic carboxylic acids is 1. The van der Waals surface area contributed by atoms with Crippen LogP contribution in [0, 0.1) is 6.92 Å². The maximum absolute atomic E-state index is 13.7. The van der Waals surface area contributed by atoms with Gasteiger partial charge < -0.3 is 5.11 Å². The zero-order valence-corrected chi connectivity index (χ0v) is 12.6. The Morgan fingerprint density at radius 2 is 1.68 bits per heavy atom. The standard InChI is InChI=1S/C13H13F5O3S/c1-6(2)22(21)10-7(3)8(11(19)20)4-5-9(10)12(14,15)13(16,17)18/h4-6H,1-3H3,(H,19,20)/t22-/m0/s1. The highest BCUT2D eigenvalue weighted by atomic mass is 32.2. The van der Waals surface area contributed by atoms with Crippen molar-refractivity contribution in [3.05, 3.63) is 28.8 Å². The van der Waals surface area contributed by atoms with E-state index in [9.17, 15) is 31.0 Å². The van der Waals surface area contributed by atoms with E-state index in [1.54, 1.807) is 0 Å². The lowest BCUT2D eigenvalue weighted by Gasteiger charge is -2.24. The molecule has 1 N–H and O–H groups in total. The summed E-state index contributed by atoms with van der Waals surface area (Å²) in [5.74, 6) is -6.73. The van der Waals surface area contributed by atoms with Crippen LogP contribution in [-0.4, -0.2) is 26.7 Å². The van der Waals surface area contributed by atoms with Gasteiger partial charge in [0.25, 0.3) is 0 Å². The SMILES string of the molecule is Cc1c(C(=O)O)ccc(C(F)(F)C(F)(F)F)c1[S@@](=O)C(C)C. The van der Waals surface area contributed by atoms with Crippen molar-refractivity contribution < 1.29 is 36.1 Å². The Morgan fingerprint density at radius 1 is 1.18 bits per heavy atom. The summed E-state index contributed by atoms with van der Waals surface area (Å²) in [6.45, 7) is 3.81. The van der Waals surface area contributed by atoms with E-state index in [1.807, 2.05) is 0 Å². The lowest BCUT2D eigenvalue weighted by molar-refractivity contribution is -0.290. The van der Waals surface area contributed by atoms with Gasteiger partial charge in [-0.2, -0.15) is 22.0 Å². The highest BCUT2D eigenvalue weighted by Gasteiger charge is 2.60. The Bertz CT molecular complexity index is 623. The van der Waals surface area contributed by atoms with Gasteiger partial charge in [-0.1, -0.05) is 19.9 Å². The molecule has 0 saturated carbocycles. The molecular weight excluding hydrogens is 331 g/mol. The molecule has 0 bridgehead atoms. The lowest BCUT2D eigenvalue weighted by Crippen LogP contribution is -2.35. The first kappa shape index (κ1) is 18.5. The number of carboxylic acids is 1. The highest BCUT2D eigenvalue weighted by molar-refractivity contribution is 7.85. The molecule has 0 fully saturated rings. The first-order chi connectivity index (χ1) is 9.82. The number of alkyl halides is 5. The molecule has 0 radical (unpaired) electrons. The van der Waals surface area contributed by atoms with E-state index in [4.69, 9.17) is 5.11 Å². The largest absolute Gasteiger partial charge is 0.478 e. The van der Waals surface area contributed by atoms with Gasteiger partial charge in [0.05, 0.1) is 21.3 Å². The molecule has 1 aromatic carbocycles. The number of carbonyl (C=O) groups is 1. The second-order valence-electron chi connectivity index (χ2n) is 4.84. The minimum atomic E-state index is -5.87. The van der Waals surface area contributed by atoms with Crippen LogP contribution in [-0.2, 0) is 16.7 Å². The van der Waals surface area contributed by atoms with Crippen LogP contribution in [0.4, 0.5) is 22.0 Å². The van der Waals surface area contributed by atoms with Crippen molar-refractivity contribution in [2.24, 2.45) is 0 Å². The van der Waals surface area contributed by atoms with Crippen molar-refractivity contribution in [3.8, 4) is 0 Å². The Balaban J connectivity index is 3.77. The Hall–Kier alpha value is -1.51. The molecule has 1 aromatic rings. The Morgan fingerprint density at radius 3 is 2.05 bits per heavy atom. The summed E-state index contributed by atoms with van der Waals surface area (Å²) >= 11 is 0. The fraction of sp³-hybridized carbons (Fsp3) is 0.462. The first-order valence-corrected chi connectivity index (χ1v) is 7.26. The molecule has 1 atom stereocenters. The van der Waals surface area contributed by atoms with E-state index >= 15 is 0 Å². The third kappa shape index (κ3) is 3.13. The van der Waals surface area contributed by atoms with Crippen LogP contribution in [0.25, 0.3) is 0 Å². The van der Waals surface area contributed by atoms with Gasteiger partial charge in [-0.05, 0) is 18.6 Å². The van der Waals surface area contributed by atoms with Crippen LogP contribution in [0.3, 0.4) is 0 Å². The number of rotatable bonds is 4. The van der Waals surface area contributed by atoms with E-state index in [2.05, 4.69) is 0 Å². The number of benzene rings is 1. The predicted molar refractivity (Wildman–Crippen MR) is 69.6 cm³/mol. The molecule has 3 nitrogen and oxygen atoms in total. The first-order valence-electron chi connectivity index (χ1n) is 6.04. The highest BCUT2D eigenvalue weighted by Crippen LogP contribution is 2.46. The normalized spacial score (nSPS) is 14.2. The Labute approximate surface area is 125 Å². The fourth-order valence-electron chi connectivity index (χ4n) is 1.82. The predicted octanol–water partition coefficient (Wildman–Crippen LogP) is 3.86. The summed E-state index contributed by atoms with van der Waals surface area (Å²) in [6.07, 6.45) is -5.87. The zero-order valence-electron chi connectivity index (χ0n) is 11.8. The molecule has 0 amide bonds. The van der Waals surface area contributed by atoms with Gasteiger partial charge in [-0.15, -0.1) is 0 Å². The summed E-state index contributed by atoms with van der Waals surface area (Å²) in [7, 11) is -2.21. The molecule has 0 aliphatic heterocycles. The minimum absolute atomic E-state index is 0.360. The second-order valence-corrected chi connectivity index (χ2v) is 6.78. The monoisotopic (exact) mass is 344 g/mol. The topological polar surface area (TPSA) is 54.4 Å². The molecule has 0 heterocycles. The van der Waals surface area contributed by atoms with Gasteiger partial charge in [0, 0.05) is 10.8 Å². The van der Waals surface area contributed by atoms with Gasteiger partial charge in [-0.25, -0.2) is 4.79 Å². The molecule has 1 rings (SSSR count). The average molecular weight is 344 g/mol. The zero-order chi connectivity index (χ0) is 17.5. The third-order valence-electron chi connectivity index (χ3n) is 2.96. The smallest absolute Gasteiger partial charge is 0.458 e. The van der Waals surface area contributed by atoms with Crippen molar-refractivity contribution >= 4 is 16.8 Å². The van der Waals surface area contributed by atoms with Crippen molar-refractivity contribution in [2.45, 2.75) is 43.0 Å². The van der Waals surface area contributed by atoms with E-state index in [0.29, 0.717) is 12.1 Å². The van der Waals surface area contributed by atoms with Gasteiger partial charge in [0.15, 0.2) is 0 Å². The lowest BCUT2D eigenvalue weighted by atomic mass is 10.0. The summed E-state index contributed by atoms with van der Waals surface area (Å²) in [4.78, 5) is 10.2. The molecule has 22 heavy (non-hydrogen) atoms. The summed E-state index contributed by atoms with van der Waals surface area (Å²) in [5, 5.41) is 8.20. The summed E-state index contributed by atoms with van der Waals surface area (Å²) in [5.41, 5.74) is -2.30. The molecule has 0 aromatic heterocycles. The van der Waals surface area contributed by atoms with Crippen LogP contribution < -0.4 is 0 Å². The number of hydrogen-bond donors (Lipinski definition) is 1. The van der Waals surface area contributed by atoms with Gasteiger partial charge in [0.2, 0.25) is 0 Å². The molecule has 9 heteroatoms. The molecular formula is C13H13F5O3S. The van der Waals surface area contributed by atoms with E-state index in [0.717, 1.165) is 6.92 Å². The fourth-order valence-corrected chi connectivity index (χ4v) is 3.11. The molecule has 0 saturated heterocycles. The van der Waals surface area contributed by atoms with Crippen molar-refractivity contribution in [1.29, 1.82) is 0 Å². The van der Waals surface area contributed by atoms with Crippen LogP contribution in [0.15, 0.2) is 17.0 Å². The number of hydrogen-bond acceptors (Lipinski definition) is 2. The van der Waals surface area contributed by atoms with Gasteiger partial charge in [-0.3, -0.25) is 4.21 Å². The number of halogens is 5. The van der Waals surface area contributed by atoms with Crippen molar-refractivity contribution in [3.63, 3.8) is 0 Å². The van der Waals surface area contributed by atoms with Gasteiger partial charge in [0.1, 0.15) is 0 Å². The summed E-state index contributed by atoms with van der Waals surface area (Å²) in [6, 6.07) is 1.03. The molecule has 124 valence electrons. The van der Waals surface area contributed by atoms with E-state index in [-0.39, 0.29) is 5.56 Å². The summed E-state index contributed by atoms with van der Waals surface area (Å²) < 4.78 is 77.2. The average Bonchev–Trinajstić information content (AvgIpc) is 2.35. The van der Waals surface area contributed by atoms with Crippen LogP contribution in [0.5, 0.6) is 0 Å². The van der Waals surface area contributed by atoms with Crippen molar-refractivity contribution in [2.75, 3.05) is 0 Å². The Kier molecular flexibility index (Phi) is 5.01. The molecule has 0 unspecified atom stereocenters. The second kappa shape index (κ2) is 5.94.